The first-order valence-corrected chi connectivity index (χ1v) is 9.21. The second-order valence-corrected chi connectivity index (χ2v) is 7.04. The highest BCUT2D eigenvalue weighted by Crippen LogP contribution is 2.25. The number of benzene rings is 1. The van der Waals surface area contributed by atoms with Gasteiger partial charge in [-0.25, -0.2) is 4.98 Å². The van der Waals surface area contributed by atoms with E-state index in [1.807, 2.05) is 48.8 Å². The van der Waals surface area contributed by atoms with E-state index in [4.69, 9.17) is 11.6 Å². The van der Waals surface area contributed by atoms with Crippen molar-refractivity contribution < 1.29 is 4.79 Å². The van der Waals surface area contributed by atoms with Crippen LogP contribution in [0, 0.1) is 0 Å². The summed E-state index contributed by atoms with van der Waals surface area (Å²) >= 11 is 7.45. The predicted octanol–water partition coefficient (Wildman–Crippen LogP) is 4.10. The summed E-state index contributed by atoms with van der Waals surface area (Å²) in [5, 5.41) is 3.55. The fraction of sp³-hybridized carbons (Fsp3) is 0.211. The molecule has 0 N–H and O–H groups in total. The van der Waals surface area contributed by atoms with Crippen molar-refractivity contribution in [2.24, 2.45) is 0 Å². The first-order valence-electron chi connectivity index (χ1n) is 7.95. The second kappa shape index (κ2) is 8.23. The van der Waals surface area contributed by atoms with E-state index in [9.17, 15) is 4.79 Å². The van der Waals surface area contributed by atoms with Gasteiger partial charge in [0.05, 0.1) is 12.1 Å². The lowest BCUT2D eigenvalue weighted by Crippen LogP contribution is -2.30. The number of rotatable bonds is 6. The van der Waals surface area contributed by atoms with Crippen LogP contribution in [0.1, 0.15) is 11.3 Å². The molecule has 6 heteroatoms. The number of amides is 1. The first kappa shape index (κ1) is 17.6. The van der Waals surface area contributed by atoms with Crippen molar-refractivity contribution >= 4 is 28.8 Å². The Labute approximate surface area is 156 Å². The zero-order valence-electron chi connectivity index (χ0n) is 13.9. The Hall–Kier alpha value is -2.24. The summed E-state index contributed by atoms with van der Waals surface area (Å²) in [7, 11) is 1.83. The van der Waals surface area contributed by atoms with Crippen LogP contribution in [-0.2, 0) is 17.6 Å². The quantitative estimate of drug-likeness (QED) is 0.655. The van der Waals surface area contributed by atoms with Gasteiger partial charge in [0, 0.05) is 42.0 Å². The minimum absolute atomic E-state index is 0.0713. The largest absolute Gasteiger partial charge is 0.345 e. The molecule has 0 fully saturated rings. The van der Waals surface area contributed by atoms with Crippen molar-refractivity contribution in [1.29, 1.82) is 0 Å². The molecule has 25 heavy (non-hydrogen) atoms. The van der Waals surface area contributed by atoms with Crippen LogP contribution in [0.5, 0.6) is 0 Å². The van der Waals surface area contributed by atoms with Crippen molar-refractivity contribution in [2.75, 3.05) is 13.6 Å². The van der Waals surface area contributed by atoms with Crippen molar-refractivity contribution in [3.05, 3.63) is 70.5 Å². The smallest absolute Gasteiger partial charge is 0.228 e. The highest BCUT2D eigenvalue weighted by Gasteiger charge is 2.13. The molecule has 0 aliphatic carbocycles. The fourth-order valence-corrected chi connectivity index (χ4v) is 3.33. The van der Waals surface area contributed by atoms with Crippen LogP contribution in [0.4, 0.5) is 0 Å². The summed E-state index contributed by atoms with van der Waals surface area (Å²) in [6.45, 7) is 0.678. The average molecular weight is 372 g/mol. The number of nitrogens with zero attached hydrogens (tertiary/aromatic N) is 3. The highest BCUT2D eigenvalue weighted by atomic mass is 35.5. The van der Waals surface area contributed by atoms with Gasteiger partial charge in [0.1, 0.15) is 5.01 Å². The number of aromatic nitrogens is 2. The molecule has 0 aliphatic heterocycles. The van der Waals surface area contributed by atoms with Gasteiger partial charge in [0.25, 0.3) is 0 Å². The van der Waals surface area contributed by atoms with E-state index in [-0.39, 0.29) is 5.91 Å². The molecule has 0 saturated heterocycles. The minimum Gasteiger partial charge on any atom is -0.345 e. The molecular weight excluding hydrogens is 354 g/mol. The first-order chi connectivity index (χ1) is 12.1. The standard InChI is InChI=1S/C19H18ClN3OS/c1-23(11-8-14-6-9-21-10-7-14)18(24)12-17-13-25-19(22-17)15-2-4-16(20)5-3-15/h2-7,9-10,13H,8,11-12H2,1H3. The van der Waals surface area contributed by atoms with Gasteiger partial charge in [-0.3, -0.25) is 9.78 Å². The number of thiazole rings is 1. The lowest BCUT2D eigenvalue weighted by Gasteiger charge is -2.16. The van der Waals surface area contributed by atoms with E-state index in [2.05, 4.69) is 9.97 Å². The third kappa shape index (κ3) is 4.87. The van der Waals surface area contributed by atoms with E-state index in [1.54, 1.807) is 28.6 Å². The molecule has 0 bridgehead atoms. The molecule has 0 radical (unpaired) electrons. The van der Waals surface area contributed by atoms with Gasteiger partial charge < -0.3 is 4.90 Å². The summed E-state index contributed by atoms with van der Waals surface area (Å²) in [6, 6.07) is 11.5. The normalized spacial score (nSPS) is 10.6. The summed E-state index contributed by atoms with van der Waals surface area (Å²) in [5.41, 5.74) is 2.99. The zero-order chi connectivity index (χ0) is 17.6. The number of carbonyl (C=O) groups excluding carboxylic acids is 1. The highest BCUT2D eigenvalue weighted by molar-refractivity contribution is 7.13. The summed E-state index contributed by atoms with van der Waals surface area (Å²) in [4.78, 5) is 22.7. The number of hydrogen-bond donors (Lipinski definition) is 0. The fourth-order valence-electron chi connectivity index (χ4n) is 2.37. The lowest BCUT2D eigenvalue weighted by atomic mass is 10.2. The van der Waals surface area contributed by atoms with Crippen LogP contribution in [0.2, 0.25) is 5.02 Å². The number of halogens is 1. The van der Waals surface area contributed by atoms with Crippen LogP contribution in [0.3, 0.4) is 0 Å². The van der Waals surface area contributed by atoms with Gasteiger partial charge in [0.2, 0.25) is 5.91 Å². The molecule has 128 valence electrons. The van der Waals surface area contributed by atoms with Gasteiger partial charge >= 0.3 is 0 Å². The molecule has 4 nitrogen and oxygen atoms in total. The SMILES string of the molecule is CN(CCc1ccncc1)C(=O)Cc1csc(-c2ccc(Cl)cc2)n1. The molecule has 3 rings (SSSR count). The maximum Gasteiger partial charge on any atom is 0.228 e. The second-order valence-electron chi connectivity index (χ2n) is 5.75. The molecular formula is C19H18ClN3OS. The van der Waals surface area contributed by atoms with Crippen LogP contribution < -0.4 is 0 Å². The third-order valence-electron chi connectivity index (χ3n) is 3.89. The maximum atomic E-state index is 12.4. The topological polar surface area (TPSA) is 46.1 Å². The molecule has 0 spiro atoms. The molecule has 3 aromatic rings. The van der Waals surface area contributed by atoms with Crippen LogP contribution in [-0.4, -0.2) is 34.4 Å². The van der Waals surface area contributed by atoms with Gasteiger partial charge in [-0.15, -0.1) is 11.3 Å². The molecule has 1 amide bonds. The molecule has 0 unspecified atom stereocenters. The Morgan fingerprint density at radius 2 is 1.88 bits per heavy atom. The van der Waals surface area contributed by atoms with E-state index < -0.39 is 0 Å². The summed E-state index contributed by atoms with van der Waals surface area (Å²) in [6.07, 6.45) is 4.67. The number of carbonyl (C=O) groups is 1. The Balaban J connectivity index is 1.56. The third-order valence-corrected chi connectivity index (χ3v) is 5.08. The molecule has 0 saturated carbocycles. The number of likely N-dealkylation sites (N-methyl/N-ethyl adjacent to an activating group) is 1. The van der Waals surface area contributed by atoms with Crippen molar-refractivity contribution in [1.82, 2.24) is 14.9 Å². The zero-order valence-corrected chi connectivity index (χ0v) is 15.4. The van der Waals surface area contributed by atoms with E-state index in [1.165, 1.54) is 5.56 Å². The molecule has 0 aliphatic rings. The predicted molar refractivity (Wildman–Crippen MR) is 102 cm³/mol. The Morgan fingerprint density at radius 3 is 2.60 bits per heavy atom. The van der Waals surface area contributed by atoms with Crippen LogP contribution >= 0.6 is 22.9 Å². The van der Waals surface area contributed by atoms with Gasteiger partial charge in [-0.1, -0.05) is 23.7 Å². The van der Waals surface area contributed by atoms with Crippen LogP contribution in [0.15, 0.2) is 54.2 Å². The molecule has 2 heterocycles. The van der Waals surface area contributed by atoms with Crippen molar-refractivity contribution in [2.45, 2.75) is 12.8 Å². The Kier molecular flexibility index (Phi) is 5.79. The maximum absolute atomic E-state index is 12.4. The average Bonchev–Trinajstić information content (AvgIpc) is 3.09. The molecule has 1 aromatic carbocycles. The Bertz CT molecular complexity index is 833. The molecule has 0 atom stereocenters. The monoisotopic (exact) mass is 371 g/mol. The Morgan fingerprint density at radius 1 is 1.16 bits per heavy atom. The van der Waals surface area contributed by atoms with Crippen molar-refractivity contribution in [3.8, 4) is 10.6 Å². The van der Waals surface area contributed by atoms with E-state index in [0.29, 0.717) is 18.0 Å². The van der Waals surface area contributed by atoms with Crippen molar-refractivity contribution in [3.63, 3.8) is 0 Å². The summed E-state index contributed by atoms with van der Waals surface area (Å²) in [5.74, 6) is 0.0713. The number of pyridine rings is 1. The number of hydrogen-bond acceptors (Lipinski definition) is 4. The lowest BCUT2D eigenvalue weighted by molar-refractivity contribution is -0.129. The van der Waals surface area contributed by atoms with Crippen LogP contribution in [0.25, 0.3) is 10.6 Å². The summed E-state index contributed by atoms with van der Waals surface area (Å²) < 4.78 is 0. The van der Waals surface area contributed by atoms with Gasteiger partial charge in [-0.2, -0.15) is 0 Å². The minimum atomic E-state index is 0.0713. The van der Waals surface area contributed by atoms with Gasteiger partial charge in [-0.05, 0) is 36.2 Å². The molecule has 2 aromatic heterocycles. The van der Waals surface area contributed by atoms with E-state index >= 15 is 0 Å². The van der Waals surface area contributed by atoms with Gasteiger partial charge in [0.15, 0.2) is 0 Å². The van der Waals surface area contributed by atoms with E-state index in [0.717, 1.165) is 22.7 Å².